The standard InChI is InChI=1S/C15H20N2O4/c1-4-11(15(20)21-5-2)10(3)16-17-14(19)12-8-6-7-9-13(12)18/h6-9,11,18H,4-5H2,1-3H3,(H,17,19)/t11-/m0/s1. The normalized spacial score (nSPS) is 12.6. The summed E-state index contributed by atoms with van der Waals surface area (Å²) in [6.45, 7) is 5.52. The molecule has 0 spiro atoms. The number of ether oxygens (including phenoxy) is 1. The van der Waals surface area contributed by atoms with Gasteiger partial charge < -0.3 is 9.84 Å². The van der Waals surface area contributed by atoms with Crippen LogP contribution in [0.25, 0.3) is 0 Å². The van der Waals surface area contributed by atoms with E-state index in [-0.39, 0.29) is 17.3 Å². The molecule has 0 aliphatic rings. The minimum Gasteiger partial charge on any atom is -0.507 e. The smallest absolute Gasteiger partial charge is 0.314 e. The molecular formula is C15H20N2O4. The van der Waals surface area contributed by atoms with Gasteiger partial charge in [-0.1, -0.05) is 19.1 Å². The van der Waals surface area contributed by atoms with Crippen LogP contribution in [-0.4, -0.2) is 29.3 Å². The number of carbonyl (C=O) groups is 2. The second-order valence-electron chi connectivity index (χ2n) is 4.42. The van der Waals surface area contributed by atoms with Gasteiger partial charge in [-0.25, -0.2) is 5.43 Å². The maximum Gasteiger partial charge on any atom is 0.314 e. The highest BCUT2D eigenvalue weighted by Crippen LogP contribution is 2.15. The van der Waals surface area contributed by atoms with E-state index in [1.54, 1.807) is 26.0 Å². The number of rotatable bonds is 6. The Labute approximate surface area is 123 Å². The van der Waals surface area contributed by atoms with Crippen LogP contribution in [0.1, 0.15) is 37.6 Å². The summed E-state index contributed by atoms with van der Waals surface area (Å²) in [5, 5.41) is 13.5. The Hall–Kier alpha value is -2.37. The number of phenols is 1. The third kappa shape index (κ3) is 4.59. The van der Waals surface area contributed by atoms with Crippen LogP contribution >= 0.6 is 0 Å². The fourth-order valence-electron chi connectivity index (χ4n) is 1.82. The fourth-order valence-corrected chi connectivity index (χ4v) is 1.82. The number of carbonyl (C=O) groups excluding carboxylic acids is 2. The molecule has 0 radical (unpaired) electrons. The third-order valence-electron chi connectivity index (χ3n) is 2.97. The Bertz CT molecular complexity index is 540. The molecule has 0 fully saturated rings. The van der Waals surface area contributed by atoms with Gasteiger partial charge in [-0.3, -0.25) is 9.59 Å². The molecule has 0 aromatic heterocycles. The molecule has 0 saturated heterocycles. The highest BCUT2D eigenvalue weighted by molar-refractivity contribution is 6.02. The Morgan fingerprint density at radius 3 is 2.57 bits per heavy atom. The van der Waals surface area contributed by atoms with Crippen molar-refractivity contribution in [3.63, 3.8) is 0 Å². The minimum absolute atomic E-state index is 0.123. The van der Waals surface area contributed by atoms with Crippen molar-refractivity contribution in [2.75, 3.05) is 6.61 Å². The molecule has 1 atom stereocenters. The quantitative estimate of drug-likeness (QED) is 0.477. The number of hydrazone groups is 1. The molecule has 1 aromatic carbocycles. The molecule has 6 heteroatoms. The summed E-state index contributed by atoms with van der Waals surface area (Å²) in [5.41, 5.74) is 2.91. The summed E-state index contributed by atoms with van der Waals surface area (Å²) in [6, 6.07) is 6.16. The summed E-state index contributed by atoms with van der Waals surface area (Å²) >= 11 is 0. The van der Waals surface area contributed by atoms with Crippen molar-refractivity contribution in [3.05, 3.63) is 29.8 Å². The van der Waals surface area contributed by atoms with Gasteiger partial charge in [-0.15, -0.1) is 0 Å². The zero-order chi connectivity index (χ0) is 15.8. The molecule has 21 heavy (non-hydrogen) atoms. The van der Waals surface area contributed by atoms with Gasteiger partial charge in [0.25, 0.3) is 5.91 Å². The van der Waals surface area contributed by atoms with Crippen molar-refractivity contribution in [1.29, 1.82) is 0 Å². The second kappa shape index (κ2) is 8.04. The van der Waals surface area contributed by atoms with Crippen LogP contribution in [0.3, 0.4) is 0 Å². The van der Waals surface area contributed by atoms with Crippen LogP contribution in [0, 0.1) is 5.92 Å². The molecular weight excluding hydrogens is 272 g/mol. The van der Waals surface area contributed by atoms with Crippen LogP contribution in [0.2, 0.25) is 0 Å². The number of hydrogen-bond donors (Lipinski definition) is 2. The number of hydrogen-bond acceptors (Lipinski definition) is 5. The van der Waals surface area contributed by atoms with Crippen molar-refractivity contribution in [1.82, 2.24) is 5.43 Å². The molecule has 0 saturated carbocycles. The topological polar surface area (TPSA) is 88.0 Å². The van der Waals surface area contributed by atoms with Crippen LogP contribution < -0.4 is 5.43 Å². The average molecular weight is 292 g/mol. The molecule has 1 rings (SSSR count). The van der Waals surface area contributed by atoms with Crippen molar-refractivity contribution >= 4 is 17.6 Å². The average Bonchev–Trinajstić information content (AvgIpc) is 2.46. The van der Waals surface area contributed by atoms with E-state index in [1.165, 1.54) is 12.1 Å². The number of benzene rings is 1. The molecule has 1 aromatic rings. The lowest BCUT2D eigenvalue weighted by Gasteiger charge is -2.13. The number of amides is 1. The predicted molar refractivity (Wildman–Crippen MR) is 79.1 cm³/mol. The zero-order valence-electron chi connectivity index (χ0n) is 12.4. The van der Waals surface area contributed by atoms with Crippen LogP contribution in [0.4, 0.5) is 0 Å². The van der Waals surface area contributed by atoms with Crippen LogP contribution in [-0.2, 0) is 9.53 Å². The summed E-state index contributed by atoms with van der Waals surface area (Å²) < 4.78 is 4.95. The van der Waals surface area contributed by atoms with Crippen molar-refractivity contribution in [2.45, 2.75) is 27.2 Å². The number of phenolic OH excluding ortho intramolecular Hbond substituents is 1. The summed E-state index contributed by atoms with van der Waals surface area (Å²) in [6.07, 6.45) is 0.528. The Kier molecular flexibility index (Phi) is 6.39. The van der Waals surface area contributed by atoms with E-state index in [0.29, 0.717) is 18.7 Å². The van der Waals surface area contributed by atoms with Gasteiger partial charge in [0, 0.05) is 5.71 Å². The molecule has 6 nitrogen and oxygen atoms in total. The van der Waals surface area contributed by atoms with E-state index >= 15 is 0 Å². The molecule has 1 amide bonds. The lowest BCUT2D eigenvalue weighted by Crippen LogP contribution is -2.27. The van der Waals surface area contributed by atoms with Crippen molar-refractivity contribution < 1.29 is 19.4 Å². The van der Waals surface area contributed by atoms with E-state index in [0.717, 1.165) is 0 Å². The van der Waals surface area contributed by atoms with Gasteiger partial charge in [0.1, 0.15) is 5.75 Å². The largest absolute Gasteiger partial charge is 0.507 e. The number of para-hydroxylation sites is 1. The summed E-state index contributed by atoms with van der Waals surface area (Å²) in [4.78, 5) is 23.6. The first kappa shape index (κ1) is 16.7. The van der Waals surface area contributed by atoms with Gasteiger partial charge in [0.2, 0.25) is 0 Å². The lowest BCUT2D eigenvalue weighted by molar-refractivity contribution is -0.145. The van der Waals surface area contributed by atoms with Crippen molar-refractivity contribution in [3.8, 4) is 5.75 Å². The zero-order valence-corrected chi connectivity index (χ0v) is 12.4. The molecule has 0 aliphatic heterocycles. The van der Waals surface area contributed by atoms with E-state index < -0.39 is 11.8 Å². The molecule has 2 N–H and O–H groups in total. The first-order valence-electron chi connectivity index (χ1n) is 6.80. The van der Waals surface area contributed by atoms with Crippen LogP contribution in [0.5, 0.6) is 5.75 Å². The summed E-state index contributed by atoms with van der Waals surface area (Å²) in [7, 11) is 0. The van der Waals surface area contributed by atoms with Gasteiger partial charge in [0.05, 0.1) is 18.1 Å². The Balaban J connectivity index is 2.76. The predicted octanol–water partition coefficient (Wildman–Crippen LogP) is 2.09. The van der Waals surface area contributed by atoms with Crippen LogP contribution in [0.15, 0.2) is 29.4 Å². The Morgan fingerprint density at radius 1 is 1.33 bits per heavy atom. The molecule has 114 valence electrons. The molecule has 0 unspecified atom stereocenters. The molecule has 0 bridgehead atoms. The monoisotopic (exact) mass is 292 g/mol. The summed E-state index contributed by atoms with van der Waals surface area (Å²) in [5.74, 6) is -1.51. The van der Waals surface area contributed by atoms with E-state index in [4.69, 9.17) is 4.74 Å². The number of nitrogens with zero attached hydrogens (tertiary/aromatic N) is 1. The van der Waals surface area contributed by atoms with Gasteiger partial charge in [-0.2, -0.15) is 5.10 Å². The number of aromatic hydroxyl groups is 1. The Morgan fingerprint density at radius 2 is 2.00 bits per heavy atom. The fraction of sp³-hybridized carbons (Fsp3) is 0.400. The molecule has 0 aliphatic carbocycles. The lowest BCUT2D eigenvalue weighted by atomic mass is 10.0. The number of nitrogens with one attached hydrogen (secondary N) is 1. The van der Waals surface area contributed by atoms with E-state index in [1.807, 2.05) is 6.92 Å². The maximum atomic E-state index is 11.9. The highest BCUT2D eigenvalue weighted by Gasteiger charge is 2.21. The number of esters is 1. The first-order chi connectivity index (χ1) is 10.0. The van der Waals surface area contributed by atoms with E-state index in [2.05, 4.69) is 10.5 Å². The van der Waals surface area contributed by atoms with Gasteiger partial charge >= 0.3 is 5.97 Å². The van der Waals surface area contributed by atoms with Gasteiger partial charge in [0.15, 0.2) is 0 Å². The second-order valence-corrected chi connectivity index (χ2v) is 4.42. The van der Waals surface area contributed by atoms with E-state index in [9.17, 15) is 14.7 Å². The minimum atomic E-state index is -0.536. The van der Waals surface area contributed by atoms with Crippen molar-refractivity contribution in [2.24, 2.45) is 11.0 Å². The highest BCUT2D eigenvalue weighted by atomic mass is 16.5. The molecule has 0 heterocycles. The maximum absolute atomic E-state index is 11.9. The van der Waals surface area contributed by atoms with Gasteiger partial charge in [-0.05, 0) is 32.4 Å². The first-order valence-corrected chi connectivity index (χ1v) is 6.80. The third-order valence-corrected chi connectivity index (χ3v) is 2.97. The SMILES string of the molecule is CCOC(=O)[C@@H](CC)C(C)=NNC(=O)c1ccccc1O.